The van der Waals surface area contributed by atoms with Gasteiger partial charge in [-0.2, -0.15) is 5.10 Å². The van der Waals surface area contributed by atoms with Crippen LogP contribution in [0.4, 0.5) is 5.82 Å². The van der Waals surface area contributed by atoms with E-state index in [9.17, 15) is 0 Å². The predicted octanol–water partition coefficient (Wildman–Crippen LogP) is 1.60. The summed E-state index contributed by atoms with van der Waals surface area (Å²) in [7, 11) is 2.01. The minimum absolute atomic E-state index is 0.616. The molecule has 2 aromatic rings. The highest BCUT2D eigenvalue weighted by Gasteiger charge is 2.45. The molecule has 6 heteroatoms. The Bertz CT molecular complexity index is 705. The summed E-state index contributed by atoms with van der Waals surface area (Å²) in [5.74, 6) is 1.11. The summed E-state index contributed by atoms with van der Waals surface area (Å²) in [5, 5.41) is 4.60. The zero-order valence-electron chi connectivity index (χ0n) is 14.3. The monoisotopic (exact) mass is 312 g/mol. The SMILES string of the molecule is Cc1ncnc(N2CC3CC(C2)N3Cc2cc(C)n(C)n2)c1C. The number of aromatic nitrogens is 4. The lowest BCUT2D eigenvalue weighted by Crippen LogP contribution is -2.68. The average molecular weight is 312 g/mol. The quantitative estimate of drug-likeness (QED) is 0.861. The van der Waals surface area contributed by atoms with Gasteiger partial charge in [0, 0.05) is 55.7 Å². The van der Waals surface area contributed by atoms with Crippen molar-refractivity contribution < 1.29 is 0 Å². The molecule has 3 saturated heterocycles. The largest absolute Gasteiger partial charge is 0.353 e. The Morgan fingerprint density at radius 3 is 2.52 bits per heavy atom. The van der Waals surface area contributed by atoms with Gasteiger partial charge in [0.1, 0.15) is 12.1 Å². The molecule has 2 bridgehead atoms. The molecule has 2 atom stereocenters. The van der Waals surface area contributed by atoms with Crippen molar-refractivity contribution in [1.82, 2.24) is 24.6 Å². The second-order valence-electron chi connectivity index (χ2n) is 6.93. The molecule has 0 spiro atoms. The van der Waals surface area contributed by atoms with E-state index in [4.69, 9.17) is 0 Å². The lowest BCUT2D eigenvalue weighted by molar-refractivity contribution is -0.00984. The van der Waals surface area contributed by atoms with E-state index in [0.717, 1.165) is 31.1 Å². The second kappa shape index (κ2) is 5.30. The van der Waals surface area contributed by atoms with Crippen LogP contribution in [0.25, 0.3) is 0 Å². The standard InChI is InChI=1S/C17H24N6/c1-11-5-14(20-21(11)4)7-23-15-6-16(23)9-22(8-15)17-12(2)13(3)18-10-19-17/h5,10,15-16H,6-9H2,1-4H3. The Labute approximate surface area is 137 Å². The molecule has 5 rings (SSSR count). The number of piperazine rings is 1. The maximum atomic E-state index is 4.60. The highest BCUT2D eigenvalue weighted by molar-refractivity contribution is 5.49. The Morgan fingerprint density at radius 1 is 1.13 bits per heavy atom. The molecule has 0 radical (unpaired) electrons. The van der Waals surface area contributed by atoms with Gasteiger partial charge in [-0.3, -0.25) is 9.58 Å². The third-order valence-corrected chi connectivity index (χ3v) is 5.46. The van der Waals surface area contributed by atoms with Crippen LogP contribution in [-0.4, -0.2) is 49.8 Å². The maximum absolute atomic E-state index is 4.60. The van der Waals surface area contributed by atoms with Crippen molar-refractivity contribution in [2.75, 3.05) is 18.0 Å². The summed E-state index contributed by atoms with van der Waals surface area (Å²) in [6, 6.07) is 3.43. The zero-order chi connectivity index (χ0) is 16.1. The van der Waals surface area contributed by atoms with Gasteiger partial charge < -0.3 is 4.90 Å². The van der Waals surface area contributed by atoms with Gasteiger partial charge in [-0.05, 0) is 33.3 Å². The Morgan fingerprint density at radius 2 is 1.87 bits per heavy atom. The number of nitrogens with zero attached hydrogens (tertiary/aromatic N) is 6. The van der Waals surface area contributed by atoms with Crippen LogP contribution in [-0.2, 0) is 13.6 Å². The van der Waals surface area contributed by atoms with E-state index in [2.05, 4.69) is 51.7 Å². The molecule has 6 nitrogen and oxygen atoms in total. The molecule has 0 aliphatic carbocycles. The maximum Gasteiger partial charge on any atom is 0.135 e. The van der Waals surface area contributed by atoms with Crippen molar-refractivity contribution in [3.8, 4) is 0 Å². The fourth-order valence-electron chi connectivity index (χ4n) is 3.86. The molecule has 3 aliphatic rings. The number of hydrogen-bond acceptors (Lipinski definition) is 5. The van der Waals surface area contributed by atoms with Crippen molar-refractivity contribution in [3.63, 3.8) is 0 Å². The van der Waals surface area contributed by atoms with E-state index in [1.807, 2.05) is 11.7 Å². The van der Waals surface area contributed by atoms with Gasteiger partial charge in [-0.25, -0.2) is 9.97 Å². The van der Waals surface area contributed by atoms with E-state index < -0.39 is 0 Å². The third kappa shape index (κ3) is 2.41. The summed E-state index contributed by atoms with van der Waals surface area (Å²) in [5.41, 5.74) is 4.69. The van der Waals surface area contributed by atoms with Crippen molar-refractivity contribution in [1.29, 1.82) is 0 Å². The van der Waals surface area contributed by atoms with Crippen LogP contribution in [0.3, 0.4) is 0 Å². The van der Waals surface area contributed by atoms with Gasteiger partial charge in [0.2, 0.25) is 0 Å². The number of anilines is 1. The molecule has 23 heavy (non-hydrogen) atoms. The fraction of sp³-hybridized carbons (Fsp3) is 0.588. The third-order valence-electron chi connectivity index (χ3n) is 5.46. The van der Waals surface area contributed by atoms with Crippen molar-refractivity contribution in [2.45, 2.75) is 45.8 Å². The highest BCUT2D eigenvalue weighted by Crippen LogP contribution is 2.36. The van der Waals surface area contributed by atoms with E-state index in [0.29, 0.717) is 12.1 Å². The molecule has 5 heterocycles. The number of rotatable bonds is 3. The Balaban J connectivity index is 1.47. The van der Waals surface area contributed by atoms with E-state index in [-0.39, 0.29) is 0 Å². The molecule has 0 aromatic carbocycles. The van der Waals surface area contributed by atoms with Crippen LogP contribution in [0.15, 0.2) is 12.4 Å². The van der Waals surface area contributed by atoms with Crippen molar-refractivity contribution in [2.24, 2.45) is 7.05 Å². The van der Waals surface area contributed by atoms with Gasteiger partial charge in [-0.1, -0.05) is 0 Å². The summed E-state index contributed by atoms with van der Waals surface area (Å²) in [6.45, 7) is 9.36. The number of fused-ring (bicyclic) bond motifs is 2. The van der Waals surface area contributed by atoms with Crippen LogP contribution < -0.4 is 4.90 Å². The average Bonchev–Trinajstić information content (AvgIpc) is 2.86. The normalized spacial score (nSPS) is 23.9. The Kier molecular flexibility index (Phi) is 3.37. The molecule has 3 fully saturated rings. The molecule has 2 unspecified atom stereocenters. The van der Waals surface area contributed by atoms with Crippen LogP contribution in [0.5, 0.6) is 0 Å². The Hall–Kier alpha value is -1.95. The summed E-state index contributed by atoms with van der Waals surface area (Å²) in [6.07, 6.45) is 2.98. The molecule has 3 aliphatic heterocycles. The topological polar surface area (TPSA) is 50.1 Å². The number of aryl methyl sites for hydroxylation is 3. The first-order valence-electron chi connectivity index (χ1n) is 8.31. The zero-order valence-corrected chi connectivity index (χ0v) is 14.3. The summed E-state index contributed by atoms with van der Waals surface area (Å²) >= 11 is 0. The van der Waals surface area contributed by atoms with E-state index in [1.165, 1.54) is 23.4 Å². The fourth-order valence-corrected chi connectivity index (χ4v) is 3.86. The van der Waals surface area contributed by atoms with Gasteiger partial charge in [0.15, 0.2) is 0 Å². The van der Waals surface area contributed by atoms with Crippen molar-refractivity contribution in [3.05, 3.63) is 35.0 Å². The van der Waals surface area contributed by atoms with Crippen LogP contribution >= 0.6 is 0 Å². The van der Waals surface area contributed by atoms with Crippen LogP contribution in [0.1, 0.15) is 29.1 Å². The highest BCUT2D eigenvalue weighted by atomic mass is 15.4. The van der Waals surface area contributed by atoms with Crippen LogP contribution in [0, 0.1) is 20.8 Å². The second-order valence-corrected chi connectivity index (χ2v) is 6.93. The predicted molar refractivity (Wildman–Crippen MR) is 89.4 cm³/mol. The summed E-state index contributed by atoms with van der Waals surface area (Å²) < 4.78 is 1.96. The first-order valence-corrected chi connectivity index (χ1v) is 8.31. The minimum Gasteiger partial charge on any atom is -0.353 e. The molecular weight excluding hydrogens is 288 g/mol. The summed E-state index contributed by atoms with van der Waals surface area (Å²) in [4.78, 5) is 13.8. The number of hydrogen-bond donors (Lipinski definition) is 0. The smallest absolute Gasteiger partial charge is 0.135 e. The van der Waals surface area contributed by atoms with Gasteiger partial charge in [-0.15, -0.1) is 0 Å². The first kappa shape index (κ1) is 14.6. The van der Waals surface area contributed by atoms with Gasteiger partial charge >= 0.3 is 0 Å². The minimum atomic E-state index is 0.616. The van der Waals surface area contributed by atoms with E-state index >= 15 is 0 Å². The van der Waals surface area contributed by atoms with Crippen molar-refractivity contribution >= 4 is 5.82 Å². The molecule has 0 saturated carbocycles. The van der Waals surface area contributed by atoms with Gasteiger partial charge in [0.05, 0.1) is 5.69 Å². The number of piperidine rings is 1. The molecule has 122 valence electrons. The van der Waals surface area contributed by atoms with Gasteiger partial charge in [0.25, 0.3) is 0 Å². The lowest BCUT2D eigenvalue weighted by atomic mass is 9.87. The molecule has 0 amide bonds. The lowest BCUT2D eigenvalue weighted by Gasteiger charge is -2.56. The molecular formula is C17H24N6. The van der Waals surface area contributed by atoms with Crippen LogP contribution in [0.2, 0.25) is 0 Å². The molecule has 2 aromatic heterocycles. The first-order chi connectivity index (χ1) is 11.0. The molecule has 0 N–H and O–H groups in total. The van der Waals surface area contributed by atoms with E-state index in [1.54, 1.807) is 6.33 Å².